The van der Waals surface area contributed by atoms with Gasteiger partial charge in [-0.1, -0.05) is 24.3 Å². The highest BCUT2D eigenvalue weighted by Crippen LogP contribution is 2.14. The summed E-state index contributed by atoms with van der Waals surface area (Å²) in [5, 5.41) is 2.92. The molecule has 0 saturated carbocycles. The molecule has 1 aromatic heterocycles. The van der Waals surface area contributed by atoms with Gasteiger partial charge in [0.1, 0.15) is 5.69 Å². The Balaban J connectivity index is 1.60. The summed E-state index contributed by atoms with van der Waals surface area (Å²) in [5.41, 5.74) is 3.76. The summed E-state index contributed by atoms with van der Waals surface area (Å²) in [5.74, 6) is -0.151. The minimum absolute atomic E-state index is 0.151. The molecule has 0 bridgehead atoms. The molecule has 0 unspecified atom stereocenters. The number of amides is 1. The van der Waals surface area contributed by atoms with Gasteiger partial charge in [-0.2, -0.15) is 0 Å². The van der Waals surface area contributed by atoms with Crippen LogP contribution in [0.25, 0.3) is 0 Å². The van der Waals surface area contributed by atoms with Gasteiger partial charge in [0.25, 0.3) is 5.91 Å². The lowest BCUT2D eigenvalue weighted by Crippen LogP contribution is -2.36. The Morgan fingerprint density at radius 1 is 1.22 bits per heavy atom. The minimum atomic E-state index is -0.151. The molecule has 5 nitrogen and oxygen atoms in total. The molecule has 1 aliphatic rings. The average molecular weight is 311 g/mol. The molecule has 1 amide bonds. The number of carbonyl (C=O) groups excluding carboxylic acids is 1. The molecular weight excluding hydrogens is 290 g/mol. The number of morpholine rings is 1. The molecular formula is C18H21N3O2. The molecule has 1 aromatic carbocycles. The largest absolute Gasteiger partial charge is 0.378 e. The molecule has 0 aliphatic carbocycles. The van der Waals surface area contributed by atoms with E-state index in [1.54, 1.807) is 12.3 Å². The number of anilines is 1. The van der Waals surface area contributed by atoms with Gasteiger partial charge >= 0.3 is 0 Å². The van der Waals surface area contributed by atoms with Gasteiger partial charge in [0.05, 0.1) is 25.1 Å². The molecule has 23 heavy (non-hydrogen) atoms. The molecule has 0 atom stereocenters. The second kappa shape index (κ2) is 7.24. The standard InChI is InChI=1S/C18H21N3O2/c1-14-4-2-3-5-15(14)12-20-18(22)17-7-6-16(13-19-17)21-8-10-23-11-9-21/h2-7,13H,8-12H2,1H3,(H,20,22). The van der Waals surface area contributed by atoms with Gasteiger partial charge in [0.15, 0.2) is 0 Å². The lowest BCUT2D eigenvalue weighted by molar-refractivity contribution is 0.0946. The van der Waals surface area contributed by atoms with Crippen LogP contribution in [-0.4, -0.2) is 37.2 Å². The topological polar surface area (TPSA) is 54.5 Å². The Bertz CT molecular complexity index is 664. The van der Waals surface area contributed by atoms with Gasteiger partial charge in [-0.3, -0.25) is 4.79 Å². The fourth-order valence-corrected chi connectivity index (χ4v) is 2.60. The molecule has 0 spiro atoms. The van der Waals surface area contributed by atoms with E-state index < -0.39 is 0 Å². The summed E-state index contributed by atoms with van der Waals surface area (Å²) in [6.07, 6.45) is 1.76. The van der Waals surface area contributed by atoms with Crippen LogP contribution in [0.4, 0.5) is 5.69 Å². The first-order chi connectivity index (χ1) is 11.2. The number of nitrogens with one attached hydrogen (secondary N) is 1. The number of hydrogen-bond donors (Lipinski definition) is 1. The number of pyridine rings is 1. The van der Waals surface area contributed by atoms with Gasteiger partial charge in [-0.05, 0) is 30.2 Å². The molecule has 2 heterocycles. The van der Waals surface area contributed by atoms with Crippen LogP contribution in [0.2, 0.25) is 0 Å². The normalized spacial score (nSPS) is 14.6. The maximum Gasteiger partial charge on any atom is 0.270 e. The van der Waals surface area contributed by atoms with E-state index >= 15 is 0 Å². The van der Waals surface area contributed by atoms with Crippen molar-refractivity contribution in [2.75, 3.05) is 31.2 Å². The Kier molecular flexibility index (Phi) is 4.88. The highest BCUT2D eigenvalue weighted by atomic mass is 16.5. The number of aromatic nitrogens is 1. The minimum Gasteiger partial charge on any atom is -0.378 e. The third-order valence-corrected chi connectivity index (χ3v) is 4.06. The van der Waals surface area contributed by atoms with Crippen LogP contribution in [-0.2, 0) is 11.3 Å². The molecule has 3 rings (SSSR count). The second-order valence-corrected chi connectivity index (χ2v) is 5.61. The van der Waals surface area contributed by atoms with E-state index in [4.69, 9.17) is 4.74 Å². The number of aryl methyl sites for hydroxylation is 1. The third kappa shape index (κ3) is 3.87. The van der Waals surface area contributed by atoms with Crippen molar-refractivity contribution in [3.05, 3.63) is 59.4 Å². The van der Waals surface area contributed by atoms with Crippen molar-refractivity contribution in [2.45, 2.75) is 13.5 Å². The van der Waals surface area contributed by atoms with Crippen molar-refractivity contribution in [1.29, 1.82) is 0 Å². The van der Waals surface area contributed by atoms with Crippen LogP contribution in [0.5, 0.6) is 0 Å². The molecule has 1 fully saturated rings. The zero-order valence-corrected chi connectivity index (χ0v) is 13.3. The Morgan fingerprint density at radius 2 is 2.00 bits per heavy atom. The summed E-state index contributed by atoms with van der Waals surface area (Å²) in [7, 11) is 0. The fraction of sp³-hybridized carbons (Fsp3) is 0.333. The first kappa shape index (κ1) is 15.5. The number of hydrogen-bond acceptors (Lipinski definition) is 4. The maximum atomic E-state index is 12.2. The van der Waals surface area contributed by atoms with E-state index in [1.807, 2.05) is 37.3 Å². The zero-order valence-electron chi connectivity index (χ0n) is 13.3. The first-order valence-electron chi connectivity index (χ1n) is 7.85. The number of ether oxygens (including phenoxy) is 1. The van der Waals surface area contributed by atoms with Gasteiger partial charge < -0.3 is 15.0 Å². The van der Waals surface area contributed by atoms with Crippen LogP contribution >= 0.6 is 0 Å². The van der Waals surface area contributed by atoms with E-state index in [0.29, 0.717) is 12.2 Å². The van der Waals surface area contributed by atoms with E-state index in [2.05, 4.69) is 15.2 Å². The predicted molar refractivity (Wildman–Crippen MR) is 89.6 cm³/mol. The van der Waals surface area contributed by atoms with Crippen LogP contribution in [0, 0.1) is 6.92 Å². The molecule has 1 N–H and O–H groups in total. The zero-order chi connectivity index (χ0) is 16.1. The summed E-state index contributed by atoms with van der Waals surface area (Å²) in [6, 6.07) is 11.7. The fourth-order valence-electron chi connectivity index (χ4n) is 2.60. The summed E-state index contributed by atoms with van der Waals surface area (Å²) >= 11 is 0. The number of carbonyl (C=O) groups is 1. The van der Waals surface area contributed by atoms with Crippen LogP contribution < -0.4 is 10.2 Å². The van der Waals surface area contributed by atoms with Crippen molar-refractivity contribution >= 4 is 11.6 Å². The second-order valence-electron chi connectivity index (χ2n) is 5.61. The molecule has 0 radical (unpaired) electrons. The SMILES string of the molecule is Cc1ccccc1CNC(=O)c1ccc(N2CCOCC2)cn1. The van der Waals surface area contributed by atoms with Crippen molar-refractivity contribution in [1.82, 2.24) is 10.3 Å². The van der Waals surface area contributed by atoms with Gasteiger partial charge in [0.2, 0.25) is 0 Å². The molecule has 2 aromatic rings. The lowest BCUT2D eigenvalue weighted by Gasteiger charge is -2.28. The van der Waals surface area contributed by atoms with E-state index in [9.17, 15) is 4.79 Å². The van der Waals surface area contributed by atoms with Gasteiger partial charge in [0, 0.05) is 19.6 Å². The smallest absolute Gasteiger partial charge is 0.270 e. The summed E-state index contributed by atoms with van der Waals surface area (Å²) < 4.78 is 5.34. The van der Waals surface area contributed by atoms with E-state index in [-0.39, 0.29) is 5.91 Å². The molecule has 5 heteroatoms. The third-order valence-electron chi connectivity index (χ3n) is 4.06. The van der Waals surface area contributed by atoms with E-state index in [1.165, 1.54) is 5.56 Å². The lowest BCUT2D eigenvalue weighted by atomic mass is 10.1. The van der Waals surface area contributed by atoms with Crippen LogP contribution in [0.15, 0.2) is 42.6 Å². The highest BCUT2D eigenvalue weighted by Gasteiger charge is 2.13. The predicted octanol–water partition coefficient (Wildman–Crippen LogP) is 2.16. The first-order valence-corrected chi connectivity index (χ1v) is 7.85. The molecule has 1 aliphatic heterocycles. The van der Waals surface area contributed by atoms with Gasteiger partial charge in [-0.15, -0.1) is 0 Å². The van der Waals surface area contributed by atoms with Crippen LogP contribution in [0.3, 0.4) is 0 Å². The Morgan fingerprint density at radius 3 is 2.70 bits per heavy atom. The summed E-state index contributed by atoms with van der Waals surface area (Å²) in [6.45, 7) is 5.74. The number of rotatable bonds is 4. The maximum absolute atomic E-state index is 12.2. The quantitative estimate of drug-likeness (QED) is 0.940. The Hall–Kier alpha value is -2.40. The van der Waals surface area contributed by atoms with Crippen LogP contribution in [0.1, 0.15) is 21.6 Å². The van der Waals surface area contributed by atoms with Gasteiger partial charge in [-0.25, -0.2) is 4.98 Å². The van der Waals surface area contributed by atoms with Crippen molar-refractivity contribution in [3.8, 4) is 0 Å². The Labute approximate surface area is 136 Å². The molecule has 1 saturated heterocycles. The monoisotopic (exact) mass is 311 g/mol. The number of nitrogens with zero attached hydrogens (tertiary/aromatic N) is 2. The highest BCUT2D eigenvalue weighted by molar-refractivity contribution is 5.92. The van der Waals surface area contributed by atoms with Crippen molar-refractivity contribution in [3.63, 3.8) is 0 Å². The van der Waals surface area contributed by atoms with Crippen molar-refractivity contribution in [2.24, 2.45) is 0 Å². The average Bonchev–Trinajstić information content (AvgIpc) is 2.62. The summed E-state index contributed by atoms with van der Waals surface area (Å²) in [4.78, 5) is 18.7. The number of benzene rings is 1. The molecule has 120 valence electrons. The van der Waals surface area contributed by atoms with Crippen molar-refractivity contribution < 1.29 is 9.53 Å². The van der Waals surface area contributed by atoms with E-state index in [0.717, 1.165) is 37.6 Å².